The van der Waals surface area contributed by atoms with Crippen LogP contribution >= 0.6 is 0 Å². The third-order valence-corrected chi connectivity index (χ3v) is 5.45. The summed E-state index contributed by atoms with van der Waals surface area (Å²) in [5.41, 5.74) is 0.786. The van der Waals surface area contributed by atoms with Crippen LogP contribution in [-0.2, 0) is 14.9 Å². The summed E-state index contributed by atoms with van der Waals surface area (Å²) in [6.07, 6.45) is 1.80. The number of amides is 1. The van der Waals surface area contributed by atoms with Gasteiger partial charge in [0, 0.05) is 18.2 Å². The Morgan fingerprint density at radius 2 is 2.00 bits per heavy atom. The first-order chi connectivity index (χ1) is 15.0. The topological polar surface area (TPSA) is 115 Å². The maximum atomic E-state index is 12.6. The van der Waals surface area contributed by atoms with Gasteiger partial charge in [-0.3, -0.25) is 4.90 Å². The highest BCUT2D eigenvalue weighted by Crippen LogP contribution is 2.38. The molecule has 3 rings (SSSR count). The Kier molecular flexibility index (Phi) is 6.66. The number of pyridine rings is 1. The minimum Gasteiger partial charge on any atom is -0.480 e. The fourth-order valence-corrected chi connectivity index (χ4v) is 3.79. The smallest absolute Gasteiger partial charge is 0.411 e. The van der Waals surface area contributed by atoms with Gasteiger partial charge in [-0.15, -0.1) is 0 Å². The number of hydrogen-bond acceptors (Lipinski definition) is 7. The largest absolute Gasteiger partial charge is 0.480 e. The normalized spacial score (nSPS) is 21.2. The molecular formula is C23H30N4O5. The predicted molar refractivity (Wildman–Crippen MR) is 117 cm³/mol. The molecule has 0 bridgehead atoms. The van der Waals surface area contributed by atoms with Crippen molar-refractivity contribution < 1.29 is 24.2 Å². The molecule has 1 N–H and O–H groups in total. The Bertz CT molecular complexity index is 973. The van der Waals surface area contributed by atoms with Crippen molar-refractivity contribution in [3.8, 4) is 17.1 Å². The van der Waals surface area contributed by atoms with Crippen LogP contribution in [0.5, 0.6) is 5.88 Å². The predicted octanol–water partition coefficient (Wildman–Crippen LogP) is 3.68. The summed E-state index contributed by atoms with van der Waals surface area (Å²) in [7, 11) is 0. The van der Waals surface area contributed by atoms with Gasteiger partial charge in [-0.25, -0.2) is 14.6 Å². The van der Waals surface area contributed by atoms with E-state index in [-0.39, 0.29) is 13.0 Å². The van der Waals surface area contributed by atoms with Crippen LogP contribution in [0.25, 0.3) is 11.3 Å². The molecule has 172 valence electrons. The molecule has 0 saturated carbocycles. The maximum Gasteiger partial charge on any atom is 0.411 e. The molecule has 1 saturated heterocycles. The molecule has 3 heterocycles. The van der Waals surface area contributed by atoms with E-state index >= 15 is 0 Å². The second kappa shape index (κ2) is 9.10. The lowest BCUT2D eigenvalue weighted by Gasteiger charge is -2.42. The molecule has 1 aliphatic rings. The second-order valence-electron chi connectivity index (χ2n) is 9.14. The number of piperidine rings is 1. The van der Waals surface area contributed by atoms with Gasteiger partial charge >= 0.3 is 12.1 Å². The molecule has 32 heavy (non-hydrogen) atoms. The molecule has 2 unspecified atom stereocenters. The van der Waals surface area contributed by atoms with E-state index in [9.17, 15) is 14.7 Å². The van der Waals surface area contributed by atoms with Crippen molar-refractivity contribution in [1.82, 2.24) is 20.1 Å². The molecule has 2 atom stereocenters. The molecule has 2 aromatic rings. The Labute approximate surface area is 187 Å². The van der Waals surface area contributed by atoms with E-state index in [1.54, 1.807) is 33.0 Å². The molecule has 0 spiro atoms. The van der Waals surface area contributed by atoms with Crippen molar-refractivity contribution in [3.63, 3.8) is 0 Å². The fourth-order valence-electron chi connectivity index (χ4n) is 3.79. The summed E-state index contributed by atoms with van der Waals surface area (Å²) >= 11 is 0. The zero-order valence-electron chi connectivity index (χ0n) is 19.2. The van der Waals surface area contributed by atoms with Gasteiger partial charge in [-0.2, -0.15) is 10.2 Å². The van der Waals surface area contributed by atoms with Gasteiger partial charge in [0.15, 0.2) is 0 Å². The first-order valence-electron chi connectivity index (χ1n) is 10.7. The van der Waals surface area contributed by atoms with Crippen molar-refractivity contribution in [1.29, 1.82) is 0 Å². The number of carbonyl (C=O) groups is 2. The minimum atomic E-state index is -1.07. The average Bonchev–Trinajstić information content (AvgIpc) is 2.73. The van der Waals surface area contributed by atoms with Crippen molar-refractivity contribution in [2.45, 2.75) is 64.5 Å². The number of rotatable bonds is 5. The zero-order valence-corrected chi connectivity index (χ0v) is 19.2. The summed E-state index contributed by atoms with van der Waals surface area (Å²) in [5.74, 6) is -0.581. The lowest BCUT2D eigenvalue weighted by molar-refractivity contribution is -0.145. The van der Waals surface area contributed by atoms with Crippen LogP contribution < -0.4 is 4.74 Å². The van der Waals surface area contributed by atoms with Crippen LogP contribution in [-0.4, -0.2) is 62.0 Å². The SMILES string of the molecule is CCOc1ncccc1-c1ccc(C2(C)CCN(C(=O)OC(C)(C)C)C(C(=O)O)C2)nn1. The fraction of sp³-hybridized carbons (Fsp3) is 0.522. The van der Waals surface area contributed by atoms with E-state index in [2.05, 4.69) is 15.2 Å². The van der Waals surface area contributed by atoms with Gasteiger partial charge in [-0.1, -0.05) is 6.92 Å². The molecule has 0 aromatic carbocycles. The Morgan fingerprint density at radius 1 is 1.25 bits per heavy atom. The number of ether oxygens (including phenoxy) is 2. The van der Waals surface area contributed by atoms with Gasteiger partial charge < -0.3 is 14.6 Å². The van der Waals surface area contributed by atoms with E-state index in [0.717, 1.165) is 5.56 Å². The minimum absolute atomic E-state index is 0.215. The van der Waals surface area contributed by atoms with Gasteiger partial charge in [0.05, 0.1) is 23.6 Å². The van der Waals surface area contributed by atoms with Crippen molar-refractivity contribution >= 4 is 12.1 Å². The second-order valence-corrected chi connectivity index (χ2v) is 9.14. The van der Waals surface area contributed by atoms with Crippen LogP contribution in [0, 0.1) is 0 Å². The molecular weight excluding hydrogens is 412 g/mol. The van der Waals surface area contributed by atoms with Crippen molar-refractivity contribution in [3.05, 3.63) is 36.2 Å². The number of likely N-dealkylation sites (tertiary alicyclic amines) is 1. The van der Waals surface area contributed by atoms with Crippen LogP contribution in [0.4, 0.5) is 4.79 Å². The van der Waals surface area contributed by atoms with E-state index in [1.165, 1.54) is 4.90 Å². The van der Waals surface area contributed by atoms with Crippen LogP contribution in [0.2, 0.25) is 0 Å². The third-order valence-electron chi connectivity index (χ3n) is 5.45. The van der Waals surface area contributed by atoms with Crippen LogP contribution in [0.1, 0.15) is 53.2 Å². The van der Waals surface area contributed by atoms with E-state index in [4.69, 9.17) is 9.47 Å². The van der Waals surface area contributed by atoms with Crippen LogP contribution in [0.3, 0.4) is 0 Å². The lowest BCUT2D eigenvalue weighted by atomic mass is 9.74. The van der Waals surface area contributed by atoms with Gasteiger partial charge in [0.25, 0.3) is 0 Å². The maximum absolute atomic E-state index is 12.6. The van der Waals surface area contributed by atoms with Gasteiger partial charge in [0.1, 0.15) is 11.6 Å². The summed E-state index contributed by atoms with van der Waals surface area (Å²) in [6, 6.07) is 6.35. The highest BCUT2D eigenvalue weighted by molar-refractivity contribution is 5.80. The lowest BCUT2D eigenvalue weighted by Crippen LogP contribution is -2.55. The number of aromatic nitrogens is 3. The molecule has 2 aromatic heterocycles. The summed E-state index contributed by atoms with van der Waals surface area (Å²) in [6.45, 7) is 9.84. The molecule has 0 radical (unpaired) electrons. The van der Waals surface area contributed by atoms with Crippen molar-refractivity contribution in [2.24, 2.45) is 0 Å². The first kappa shape index (κ1) is 23.4. The zero-order chi connectivity index (χ0) is 23.5. The highest BCUT2D eigenvalue weighted by atomic mass is 16.6. The summed E-state index contributed by atoms with van der Waals surface area (Å²) in [4.78, 5) is 30.1. The molecule has 9 nitrogen and oxygen atoms in total. The Morgan fingerprint density at radius 3 is 2.59 bits per heavy atom. The molecule has 9 heteroatoms. The number of hydrogen-bond donors (Lipinski definition) is 1. The van der Waals surface area contributed by atoms with E-state index in [0.29, 0.717) is 30.3 Å². The number of nitrogens with zero attached hydrogens (tertiary/aromatic N) is 4. The molecule has 1 aliphatic heterocycles. The van der Waals surface area contributed by atoms with Gasteiger partial charge in [0.2, 0.25) is 5.88 Å². The molecule has 1 amide bonds. The first-order valence-corrected chi connectivity index (χ1v) is 10.7. The van der Waals surface area contributed by atoms with E-state index < -0.39 is 29.1 Å². The Hall–Kier alpha value is -3.23. The van der Waals surface area contributed by atoms with Crippen LogP contribution in [0.15, 0.2) is 30.5 Å². The quantitative estimate of drug-likeness (QED) is 0.746. The third kappa shape index (κ3) is 5.15. The number of carboxylic acid groups (broad SMARTS) is 1. The highest BCUT2D eigenvalue weighted by Gasteiger charge is 2.45. The Balaban J connectivity index is 1.83. The molecule has 1 fully saturated rings. The number of aliphatic carboxylic acids is 1. The standard InChI is InChI=1S/C23H30N4O5/c1-6-31-19-15(8-7-12-24-19)16-9-10-18(26-25-16)23(5)11-13-27(17(14-23)20(28)29)21(30)32-22(2,3)4/h7-10,12,17H,6,11,13-14H2,1-5H3,(H,28,29). The monoisotopic (exact) mass is 442 g/mol. The summed E-state index contributed by atoms with van der Waals surface area (Å²) in [5, 5.41) is 18.6. The molecule has 0 aliphatic carbocycles. The summed E-state index contributed by atoms with van der Waals surface area (Å²) < 4.78 is 11.0. The van der Waals surface area contributed by atoms with Gasteiger partial charge in [-0.05, 0) is 64.8 Å². The van der Waals surface area contributed by atoms with Crippen molar-refractivity contribution in [2.75, 3.05) is 13.2 Å². The number of carboxylic acids is 1. The average molecular weight is 443 g/mol. The van der Waals surface area contributed by atoms with E-state index in [1.807, 2.05) is 32.0 Å². The number of carbonyl (C=O) groups excluding carboxylic acids is 1.